The zero-order valence-electron chi connectivity index (χ0n) is 18.6. The number of carbonyl (C=O) groups excluding carboxylic acids is 2. The second kappa shape index (κ2) is 10.1. The van der Waals surface area contributed by atoms with Gasteiger partial charge in [0.05, 0.1) is 18.1 Å². The highest BCUT2D eigenvalue weighted by atomic mass is 16.6. The average molecular weight is 460 g/mol. The first-order valence-corrected chi connectivity index (χ1v) is 10.8. The Morgan fingerprint density at radius 3 is 2.26 bits per heavy atom. The molecule has 0 bridgehead atoms. The lowest BCUT2D eigenvalue weighted by Gasteiger charge is -2.28. The molecule has 3 aromatic carbocycles. The molecule has 1 fully saturated rings. The summed E-state index contributed by atoms with van der Waals surface area (Å²) in [4.78, 5) is 38.5. The van der Waals surface area contributed by atoms with Gasteiger partial charge in [-0.3, -0.25) is 19.7 Å². The fraction of sp³-hybridized carbons (Fsp3) is 0.200. The number of hydrogen-bond donors (Lipinski definition) is 2. The summed E-state index contributed by atoms with van der Waals surface area (Å²) in [5.41, 5.74) is 2.88. The van der Waals surface area contributed by atoms with Crippen molar-refractivity contribution in [2.45, 2.75) is 6.92 Å². The van der Waals surface area contributed by atoms with E-state index in [2.05, 4.69) is 10.6 Å². The van der Waals surface area contributed by atoms with E-state index in [0.29, 0.717) is 48.9 Å². The number of aryl methyl sites for hydroxylation is 1. The highest BCUT2D eigenvalue weighted by Gasteiger charge is 2.23. The third kappa shape index (κ3) is 5.21. The first-order valence-electron chi connectivity index (χ1n) is 10.8. The highest BCUT2D eigenvalue weighted by molar-refractivity contribution is 6.07. The highest BCUT2D eigenvalue weighted by Crippen LogP contribution is 2.30. The van der Waals surface area contributed by atoms with Gasteiger partial charge in [0.25, 0.3) is 17.5 Å². The maximum absolute atomic E-state index is 12.8. The molecule has 3 aromatic rings. The van der Waals surface area contributed by atoms with Crippen LogP contribution < -0.4 is 15.5 Å². The summed E-state index contributed by atoms with van der Waals surface area (Å²) in [5.74, 6) is -0.741. The maximum Gasteiger partial charge on any atom is 0.293 e. The van der Waals surface area contributed by atoms with Gasteiger partial charge in [0.15, 0.2) is 0 Å². The van der Waals surface area contributed by atoms with Crippen LogP contribution in [0.25, 0.3) is 0 Å². The number of carbonyl (C=O) groups is 2. The molecule has 1 aliphatic rings. The van der Waals surface area contributed by atoms with Crippen molar-refractivity contribution in [1.82, 2.24) is 0 Å². The molecule has 174 valence electrons. The maximum atomic E-state index is 12.8. The zero-order valence-corrected chi connectivity index (χ0v) is 18.6. The van der Waals surface area contributed by atoms with E-state index in [0.717, 1.165) is 5.56 Å². The molecule has 9 heteroatoms. The van der Waals surface area contributed by atoms with Gasteiger partial charge >= 0.3 is 0 Å². The SMILES string of the molecule is Cc1ccccc1C(=O)Nc1cccc(NC(=O)c2ccc(N3CCOCC3)c([N+](=O)[O-])c2)c1. The molecule has 2 amide bonds. The van der Waals surface area contributed by atoms with Crippen LogP contribution >= 0.6 is 0 Å². The van der Waals surface area contributed by atoms with Gasteiger partial charge in [-0.25, -0.2) is 0 Å². The molecule has 9 nitrogen and oxygen atoms in total. The van der Waals surface area contributed by atoms with E-state index in [4.69, 9.17) is 4.74 Å². The van der Waals surface area contributed by atoms with Crippen LogP contribution in [0.15, 0.2) is 66.7 Å². The van der Waals surface area contributed by atoms with Crippen LogP contribution in [0.1, 0.15) is 26.3 Å². The van der Waals surface area contributed by atoms with Crippen LogP contribution in [0, 0.1) is 17.0 Å². The number of hydrogen-bond acceptors (Lipinski definition) is 6. The topological polar surface area (TPSA) is 114 Å². The number of nitro groups is 1. The van der Waals surface area contributed by atoms with Crippen LogP contribution in [0.4, 0.5) is 22.7 Å². The van der Waals surface area contributed by atoms with Gasteiger partial charge in [0.2, 0.25) is 0 Å². The number of ether oxygens (including phenoxy) is 1. The van der Waals surface area contributed by atoms with E-state index in [-0.39, 0.29) is 17.2 Å². The predicted octanol–water partition coefficient (Wildman–Crippen LogP) is 4.24. The summed E-state index contributed by atoms with van der Waals surface area (Å²) in [6, 6.07) is 18.4. The number of morpholine rings is 1. The van der Waals surface area contributed by atoms with E-state index in [1.165, 1.54) is 6.07 Å². The largest absolute Gasteiger partial charge is 0.378 e. The lowest BCUT2D eigenvalue weighted by Crippen LogP contribution is -2.36. The Kier molecular flexibility index (Phi) is 6.84. The number of nitrogens with one attached hydrogen (secondary N) is 2. The number of nitro benzene ring substituents is 1. The monoisotopic (exact) mass is 460 g/mol. The smallest absolute Gasteiger partial charge is 0.293 e. The second-order valence-electron chi connectivity index (χ2n) is 7.86. The van der Waals surface area contributed by atoms with Crippen molar-refractivity contribution < 1.29 is 19.2 Å². The first kappa shape index (κ1) is 22.9. The predicted molar refractivity (Wildman–Crippen MR) is 130 cm³/mol. The molecule has 1 aliphatic heterocycles. The Labute approximate surface area is 196 Å². The average Bonchev–Trinajstić information content (AvgIpc) is 2.84. The van der Waals surface area contributed by atoms with Crippen molar-refractivity contribution >= 4 is 34.6 Å². The molecule has 34 heavy (non-hydrogen) atoms. The van der Waals surface area contributed by atoms with Crippen LogP contribution in [0.5, 0.6) is 0 Å². The van der Waals surface area contributed by atoms with E-state index in [9.17, 15) is 19.7 Å². The minimum Gasteiger partial charge on any atom is -0.378 e. The standard InChI is InChI=1S/C25H24N4O5/c1-17-5-2-3-8-21(17)25(31)27-20-7-4-6-19(16-20)26-24(30)18-9-10-22(23(15-18)29(32)33)28-11-13-34-14-12-28/h2-10,15-16H,11-14H2,1H3,(H,26,30)(H,27,31). The Morgan fingerprint density at radius 2 is 1.59 bits per heavy atom. The van der Waals surface area contributed by atoms with E-state index in [1.54, 1.807) is 48.5 Å². The number of benzene rings is 3. The summed E-state index contributed by atoms with van der Waals surface area (Å²) in [6.07, 6.45) is 0. The Morgan fingerprint density at radius 1 is 0.912 bits per heavy atom. The lowest BCUT2D eigenvalue weighted by atomic mass is 10.1. The molecule has 0 radical (unpaired) electrons. The van der Waals surface area contributed by atoms with Gasteiger partial charge in [-0.15, -0.1) is 0 Å². The van der Waals surface area contributed by atoms with Crippen LogP contribution in [0.2, 0.25) is 0 Å². The van der Waals surface area contributed by atoms with Crippen LogP contribution in [-0.4, -0.2) is 43.0 Å². The van der Waals surface area contributed by atoms with Gasteiger partial charge in [-0.05, 0) is 48.9 Å². The Hall–Kier alpha value is -4.24. The zero-order chi connectivity index (χ0) is 24.1. The van der Waals surface area contributed by atoms with Crippen molar-refractivity contribution in [3.63, 3.8) is 0 Å². The van der Waals surface area contributed by atoms with E-state index < -0.39 is 10.8 Å². The summed E-state index contributed by atoms with van der Waals surface area (Å²) >= 11 is 0. The normalized spacial score (nSPS) is 13.3. The Bertz CT molecular complexity index is 1240. The van der Waals surface area contributed by atoms with E-state index >= 15 is 0 Å². The van der Waals surface area contributed by atoms with Crippen LogP contribution in [0.3, 0.4) is 0 Å². The van der Waals surface area contributed by atoms with Crippen molar-refractivity contribution in [3.8, 4) is 0 Å². The molecule has 0 unspecified atom stereocenters. The fourth-order valence-corrected chi connectivity index (χ4v) is 3.79. The molecule has 1 saturated heterocycles. The fourth-order valence-electron chi connectivity index (χ4n) is 3.79. The quantitative estimate of drug-likeness (QED) is 0.420. The van der Waals surface area contributed by atoms with Crippen molar-refractivity contribution in [2.24, 2.45) is 0 Å². The molecule has 0 aromatic heterocycles. The van der Waals surface area contributed by atoms with Gasteiger partial charge in [0, 0.05) is 41.7 Å². The molecule has 0 atom stereocenters. The second-order valence-corrected chi connectivity index (χ2v) is 7.86. The number of amides is 2. The molecule has 0 spiro atoms. The van der Waals surface area contributed by atoms with Gasteiger partial charge < -0.3 is 20.3 Å². The van der Waals surface area contributed by atoms with Gasteiger partial charge in [-0.2, -0.15) is 0 Å². The lowest BCUT2D eigenvalue weighted by molar-refractivity contribution is -0.384. The van der Waals surface area contributed by atoms with Crippen molar-refractivity contribution in [1.29, 1.82) is 0 Å². The molecular weight excluding hydrogens is 436 g/mol. The van der Waals surface area contributed by atoms with Gasteiger partial charge in [-0.1, -0.05) is 24.3 Å². The molecular formula is C25H24N4O5. The summed E-state index contributed by atoms with van der Waals surface area (Å²) in [5, 5.41) is 17.2. The molecule has 0 aliphatic carbocycles. The summed E-state index contributed by atoms with van der Waals surface area (Å²) in [7, 11) is 0. The minimum atomic E-state index is -0.487. The number of rotatable bonds is 6. The summed E-state index contributed by atoms with van der Waals surface area (Å²) < 4.78 is 5.31. The number of anilines is 3. The number of nitrogens with zero attached hydrogens (tertiary/aromatic N) is 2. The third-order valence-electron chi connectivity index (χ3n) is 5.55. The van der Waals surface area contributed by atoms with Crippen LogP contribution in [-0.2, 0) is 4.74 Å². The summed E-state index contributed by atoms with van der Waals surface area (Å²) in [6.45, 7) is 3.95. The molecule has 2 N–H and O–H groups in total. The molecule has 0 saturated carbocycles. The van der Waals surface area contributed by atoms with E-state index in [1.807, 2.05) is 24.0 Å². The van der Waals surface area contributed by atoms with Gasteiger partial charge in [0.1, 0.15) is 5.69 Å². The Balaban J connectivity index is 1.49. The third-order valence-corrected chi connectivity index (χ3v) is 5.55. The molecule has 4 rings (SSSR count). The minimum absolute atomic E-state index is 0.131. The first-order chi connectivity index (χ1) is 16.4. The molecule has 1 heterocycles. The van der Waals surface area contributed by atoms with Crippen molar-refractivity contribution in [3.05, 3.63) is 93.5 Å². The van der Waals surface area contributed by atoms with Crippen molar-refractivity contribution in [2.75, 3.05) is 41.8 Å².